The number of Topliss-reactive ketones (excluding diaryl/α,β-unsaturated/α-hetero) is 1. The van der Waals surface area contributed by atoms with Gasteiger partial charge >= 0.3 is 0 Å². The van der Waals surface area contributed by atoms with Gasteiger partial charge in [0.15, 0.2) is 5.78 Å². The van der Waals surface area contributed by atoms with Crippen LogP contribution in [0.25, 0.3) is 12.2 Å². The molecule has 0 spiro atoms. The number of carbonyl (C=O) groups is 2. The summed E-state index contributed by atoms with van der Waals surface area (Å²) >= 11 is 7.11. The zero-order valence-corrected chi connectivity index (χ0v) is 19.4. The van der Waals surface area contributed by atoms with E-state index < -0.39 is 5.41 Å². The Morgan fingerprint density at radius 2 is 1.90 bits per heavy atom. The zero-order valence-electron chi connectivity index (χ0n) is 17.8. The number of aromatic nitrogens is 1. The maximum atomic E-state index is 13.0. The van der Waals surface area contributed by atoms with E-state index in [9.17, 15) is 14.4 Å². The van der Waals surface area contributed by atoms with Gasteiger partial charge in [0.05, 0.1) is 11.1 Å². The molecule has 1 N–H and O–H groups in total. The van der Waals surface area contributed by atoms with Gasteiger partial charge in [-0.05, 0) is 30.7 Å². The molecule has 1 heterocycles. The molecule has 0 radical (unpaired) electrons. The topological polar surface area (TPSA) is 77.4 Å². The first-order chi connectivity index (χ1) is 14.0. The van der Waals surface area contributed by atoms with Crippen molar-refractivity contribution in [3.8, 4) is 0 Å². The highest BCUT2D eigenvalue weighted by molar-refractivity contribution is 7.07. The minimum Gasteiger partial charge on any atom is -0.383 e. The molecule has 6 nitrogen and oxygen atoms in total. The quantitative estimate of drug-likeness (QED) is 0.699. The number of benzene rings is 1. The van der Waals surface area contributed by atoms with E-state index in [1.807, 2.05) is 27.7 Å². The minimum absolute atomic E-state index is 0.122. The number of thiazole rings is 1. The minimum atomic E-state index is -0.597. The highest BCUT2D eigenvalue weighted by Crippen LogP contribution is 2.15. The predicted octanol–water partition coefficient (Wildman–Crippen LogP) is 1.94. The van der Waals surface area contributed by atoms with E-state index in [1.54, 1.807) is 37.5 Å². The maximum Gasteiger partial charge on any atom is 0.269 e. The highest BCUT2D eigenvalue weighted by Gasteiger charge is 2.20. The summed E-state index contributed by atoms with van der Waals surface area (Å²) < 4.78 is 7.24. The largest absolute Gasteiger partial charge is 0.383 e. The van der Waals surface area contributed by atoms with Gasteiger partial charge in [-0.2, -0.15) is 0 Å². The van der Waals surface area contributed by atoms with Gasteiger partial charge in [0, 0.05) is 29.7 Å². The van der Waals surface area contributed by atoms with Crippen LogP contribution in [-0.2, 0) is 20.9 Å². The first-order valence-corrected chi connectivity index (χ1v) is 10.7. The molecule has 0 aliphatic carbocycles. The van der Waals surface area contributed by atoms with Crippen molar-refractivity contribution in [1.29, 1.82) is 0 Å². The van der Waals surface area contributed by atoms with Crippen LogP contribution in [0.15, 0.2) is 29.1 Å². The van der Waals surface area contributed by atoms with Gasteiger partial charge in [0.25, 0.3) is 5.56 Å². The molecule has 30 heavy (non-hydrogen) atoms. The van der Waals surface area contributed by atoms with E-state index in [1.165, 1.54) is 22.0 Å². The monoisotopic (exact) mass is 450 g/mol. The van der Waals surface area contributed by atoms with E-state index in [-0.39, 0.29) is 29.8 Å². The molecule has 1 aromatic heterocycles. The maximum absolute atomic E-state index is 13.0. The third kappa shape index (κ3) is 6.65. The molecule has 0 aliphatic rings. The smallest absolute Gasteiger partial charge is 0.269 e. The number of halogens is 1. The van der Waals surface area contributed by atoms with Crippen LogP contribution in [0.3, 0.4) is 0 Å². The lowest BCUT2D eigenvalue weighted by atomic mass is 9.91. The second-order valence-electron chi connectivity index (χ2n) is 8.07. The summed E-state index contributed by atoms with van der Waals surface area (Å²) in [7, 11) is 1.55. The van der Waals surface area contributed by atoms with E-state index in [0.717, 1.165) is 5.56 Å². The number of hydrogen-bond donors (Lipinski definition) is 1. The fourth-order valence-electron chi connectivity index (χ4n) is 2.59. The van der Waals surface area contributed by atoms with Gasteiger partial charge < -0.3 is 10.1 Å². The van der Waals surface area contributed by atoms with Crippen LogP contribution in [0.4, 0.5) is 0 Å². The van der Waals surface area contributed by atoms with Crippen LogP contribution in [0.2, 0.25) is 5.02 Å². The van der Waals surface area contributed by atoms with Crippen LogP contribution < -0.4 is 20.1 Å². The number of amides is 1. The molecule has 2 aromatic rings. The zero-order chi connectivity index (χ0) is 22.5. The number of hydrogen-bond acceptors (Lipinski definition) is 5. The van der Waals surface area contributed by atoms with Gasteiger partial charge in [-0.25, -0.2) is 0 Å². The predicted molar refractivity (Wildman–Crippen MR) is 121 cm³/mol. The van der Waals surface area contributed by atoms with E-state index in [2.05, 4.69) is 5.32 Å². The number of ketones is 1. The lowest BCUT2D eigenvalue weighted by Gasteiger charge is -2.14. The first-order valence-electron chi connectivity index (χ1n) is 9.52. The number of ether oxygens (including phenoxy) is 1. The summed E-state index contributed by atoms with van der Waals surface area (Å²) in [5, 5.41) is 3.39. The van der Waals surface area contributed by atoms with Crippen molar-refractivity contribution in [2.45, 2.75) is 40.3 Å². The molecular weight excluding hydrogens is 424 g/mol. The Hall–Kier alpha value is -2.22. The fraction of sp³-hybridized carbons (Fsp3) is 0.409. The van der Waals surface area contributed by atoms with Crippen molar-refractivity contribution in [3.05, 3.63) is 54.4 Å². The average Bonchev–Trinajstić information content (AvgIpc) is 2.91. The molecule has 0 bridgehead atoms. The van der Waals surface area contributed by atoms with Crippen LogP contribution in [0.5, 0.6) is 0 Å². The van der Waals surface area contributed by atoms with Crippen LogP contribution >= 0.6 is 22.9 Å². The van der Waals surface area contributed by atoms with Gasteiger partial charge in [-0.1, -0.05) is 44.5 Å². The highest BCUT2D eigenvalue weighted by atomic mass is 35.5. The van der Waals surface area contributed by atoms with Gasteiger partial charge in [-0.15, -0.1) is 11.3 Å². The van der Waals surface area contributed by atoms with Crippen molar-refractivity contribution >= 4 is 46.8 Å². The number of nitrogens with one attached hydrogen (secondary N) is 1. The summed E-state index contributed by atoms with van der Waals surface area (Å²) in [6.07, 6.45) is 3.17. The molecule has 162 valence electrons. The molecule has 0 saturated carbocycles. The molecule has 1 amide bonds. The summed E-state index contributed by atoms with van der Waals surface area (Å²) in [6.45, 7) is 7.42. The lowest BCUT2D eigenvalue weighted by Crippen LogP contribution is -2.42. The van der Waals surface area contributed by atoms with Crippen molar-refractivity contribution in [2.24, 2.45) is 5.41 Å². The molecule has 1 aromatic carbocycles. The SMILES string of the molecule is COCC(C)NC(=O)Cn1c(=O)/c(=C/c2ccc(Cl)cc2)s/c1=C/C(=O)C(C)(C)C. The molecule has 0 fully saturated rings. The summed E-state index contributed by atoms with van der Waals surface area (Å²) in [6, 6.07) is 6.88. The Morgan fingerprint density at radius 3 is 2.47 bits per heavy atom. The molecule has 1 atom stereocenters. The van der Waals surface area contributed by atoms with Crippen LogP contribution in [-0.4, -0.2) is 36.0 Å². The normalized spacial score (nSPS) is 14.1. The standard InChI is InChI=1S/C22H27ClN2O4S/c1-14(13-29-5)24-19(27)12-25-20(11-18(26)22(2,3)4)30-17(21(25)28)10-15-6-8-16(23)9-7-15/h6-11,14H,12-13H2,1-5H3,(H,24,27)/b17-10-,20-11+. The number of methoxy groups -OCH3 is 1. The number of nitrogens with zero attached hydrogens (tertiary/aromatic N) is 1. The van der Waals surface area contributed by atoms with Crippen molar-refractivity contribution in [3.63, 3.8) is 0 Å². The summed E-state index contributed by atoms with van der Waals surface area (Å²) in [4.78, 5) is 38.0. The lowest BCUT2D eigenvalue weighted by molar-refractivity contribution is -0.123. The van der Waals surface area contributed by atoms with Crippen LogP contribution in [0.1, 0.15) is 33.3 Å². The second kappa shape index (κ2) is 10.2. The van der Waals surface area contributed by atoms with Gasteiger partial charge in [-0.3, -0.25) is 19.0 Å². The second-order valence-corrected chi connectivity index (χ2v) is 9.57. The molecule has 2 rings (SSSR count). The Bertz CT molecular complexity index is 1080. The molecule has 0 aliphatic heterocycles. The van der Waals surface area contributed by atoms with Crippen LogP contribution in [0, 0.1) is 5.41 Å². The van der Waals surface area contributed by atoms with Crippen molar-refractivity contribution < 1.29 is 14.3 Å². The Labute approximate surface area is 184 Å². The van der Waals surface area contributed by atoms with E-state index >= 15 is 0 Å². The summed E-state index contributed by atoms with van der Waals surface area (Å²) in [5.74, 6) is -0.445. The Balaban J connectivity index is 2.52. The molecular formula is C22H27ClN2O4S. The van der Waals surface area contributed by atoms with Gasteiger partial charge in [0.1, 0.15) is 11.2 Å². The third-order valence-electron chi connectivity index (χ3n) is 4.22. The number of rotatable bonds is 7. The van der Waals surface area contributed by atoms with E-state index in [0.29, 0.717) is 20.8 Å². The molecule has 0 saturated heterocycles. The fourth-order valence-corrected chi connectivity index (χ4v) is 3.76. The van der Waals surface area contributed by atoms with Crippen molar-refractivity contribution in [1.82, 2.24) is 9.88 Å². The number of carbonyl (C=O) groups excluding carboxylic acids is 2. The molecule has 8 heteroatoms. The van der Waals surface area contributed by atoms with E-state index in [4.69, 9.17) is 16.3 Å². The Kier molecular flexibility index (Phi) is 8.18. The average molecular weight is 451 g/mol. The Morgan fingerprint density at radius 1 is 1.27 bits per heavy atom. The van der Waals surface area contributed by atoms with Crippen molar-refractivity contribution in [2.75, 3.05) is 13.7 Å². The van der Waals surface area contributed by atoms with Gasteiger partial charge in [0.2, 0.25) is 5.91 Å². The first kappa shape index (κ1) is 24.1. The summed E-state index contributed by atoms with van der Waals surface area (Å²) in [5.41, 5.74) is -0.116. The molecule has 1 unspecified atom stereocenters. The third-order valence-corrected chi connectivity index (χ3v) is 5.54.